The van der Waals surface area contributed by atoms with E-state index in [0.717, 1.165) is 6.42 Å². The van der Waals surface area contributed by atoms with Gasteiger partial charge in [-0.3, -0.25) is 4.79 Å². The molecule has 0 radical (unpaired) electrons. The van der Waals surface area contributed by atoms with Gasteiger partial charge in [0.05, 0.1) is 17.6 Å². The van der Waals surface area contributed by atoms with Crippen molar-refractivity contribution in [1.29, 1.82) is 0 Å². The molecule has 0 spiro atoms. The zero-order valence-electron chi connectivity index (χ0n) is 12.6. The van der Waals surface area contributed by atoms with Crippen LogP contribution in [-0.2, 0) is 9.05 Å². The number of nitrogens with zero attached hydrogens (tertiary/aromatic N) is 1. The van der Waals surface area contributed by atoms with Crippen LogP contribution in [0.15, 0.2) is 23.1 Å². The summed E-state index contributed by atoms with van der Waals surface area (Å²) in [5, 5.41) is 0. The predicted octanol–water partition coefficient (Wildman–Crippen LogP) is 2.88. The normalized spacial score (nSPS) is 11.5. The first-order valence-electron chi connectivity index (χ1n) is 6.66. The molecule has 0 aliphatic rings. The predicted molar refractivity (Wildman–Crippen MR) is 82.5 cm³/mol. The monoisotopic (exact) mass is 333 g/mol. The number of methoxy groups -OCH3 is 1. The summed E-state index contributed by atoms with van der Waals surface area (Å²) in [5.74, 6) is 0.0525. The third-order valence-corrected chi connectivity index (χ3v) is 4.38. The molecule has 0 saturated heterocycles. The Balaban J connectivity index is 3.35. The fraction of sp³-hybridized carbons (Fsp3) is 0.500. The lowest BCUT2D eigenvalue weighted by Crippen LogP contribution is -2.37. The zero-order valence-corrected chi connectivity index (χ0v) is 14.2. The molecule has 0 N–H and O–H groups in total. The third kappa shape index (κ3) is 4.35. The van der Waals surface area contributed by atoms with E-state index in [1.165, 1.54) is 25.3 Å². The first-order valence-corrected chi connectivity index (χ1v) is 8.97. The highest BCUT2D eigenvalue weighted by atomic mass is 35.7. The molecule has 1 amide bonds. The minimum absolute atomic E-state index is 0.00146. The maximum Gasteiger partial charge on any atom is 0.261 e. The van der Waals surface area contributed by atoms with Crippen LogP contribution in [0.3, 0.4) is 0 Å². The Labute approximate surface area is 130 Å². The van der Waals surface area contributed by atoms with E-state index in [0.29, 0.717) is 12.3 Å². The summed E-state index contributed by atoms with van der Waals surface area (Å²) in [4.78, 5) is 14.2. The van der Waals surface area contributed by atoms with Crippen LogP contribution in [0.5, 0.6) is 5.75 Å². The van der Waals surface area contributed by atoms with Gasteiger partial charge in [-0.1, -0.05) is 6.92 Å². The van der Waals surface area contributed by atoms with Crippen LogP contribution in [0.1, 0.15) is 37.6 Å². The summed E-state index contributed by atoms with van der Waals surface area (Å²) >= 11 is 0. The lowest BCUT2D eigenvalue weighted by molar-refractivity contribution is 0.0702. The van der Waals surface area contributed by atoms with Crippen molar-refractivity contribution in [3.8, 4) is 5.75 Å². The number of hydrogen-bond donors (Lipinski definition) is 0. The third-order valence-electron chi connectivity index (χ3n) is 3.03. The fourth-order valence-electron chi connectivity index (χ4n) is 2.00. The van der Waals surface area contributed by atoms with Crippen LogP contribution in [0.2, 0.25) is 0 Å². The Morgan fingerprint density at radius 1 is 1.38 bits per heavy atom. The summed E-state index contributed by atoms with van der Waals surface area (Å²) < 4.78 is 28.0. The van der Waals surface area contributed by atoms with Crippen LogP contribution in [0.4, 0.5) is 0 Å². The number of rotatable bonds is 6. The molecule has 0 aliphatic carbocycles. The Hall–Kier alpha value is -1.27. The minimum atomic E-state index is -3.90. The van der Waals surface area contributed by atoms with E-state index in [1.807, 2.05) is 20.8 Å². The van der Waals surface area contributed by atoms with Crippen molar-refractivity contribution in [2.45, 2.75) is 38.1 Å². The largest absolute Gasteiger partial charge is 0.496 e. The van der Waals surface area contributed by atoms with Gasteiger partial charge in [0.2, 0.25) is 0 Å². The lowest BCUT2D eigenvalue weighted by Gasteiger charge is -2.27. The molecular weight excluding hydrogens is 314 g/mol. The van der Waals surface area contributed by atoms with Crippen molar-refractivity contribution in [1.82, 2.24) is 4.90 Å². The van der Waals surface area contributed by atoms with Gasteiger partial charge < -0.3 is 9.64 Å². The maximum absolute atomic E-state index is 12.6. The number of halogens is 1. The Morgan fingerprint density at radius 2 is 2.00 bits per heavy atom. The summed E-state index contributed by atoms with van der Waals surface area (Å²) in [6.45, 7) is 6.36. The highest BCUT2D eigenvalue weighted by molar-refractivity contribution is 8.13. The number of carbonyl (C=O) groups is 1. The van der Waals surface area contributed by atoms with E-state index in [9.17, 15) is 13.2 Å². The molecule has 7 heteroatoms. The fourth-order valence-corrected chi connectivity index (χ4v) is 2.77. The highest BCUT2D eigenvalue weighted by Gasteiger charge is 2.23. The molecule has 21 heavy (non-hydrogen) atoms. The lowest BCUT2D eigenvalue weighted by atomic mass is 10.1. The molecule has 0 saturated carbocycles. The number of carbonyl (C=O) groups excluding carboxylic acids is 1. The van der Waals surface area contributed by atoms with E-state index >= 15 is 0 Å². The van der Waals surface area contributed by atoms with Crippen molar-refractivity contribution in [3.05, 3.63) is 23.8 Å². The second-order valence-electron chi connectivity index (χ2n) is 4.89. The zero-order chi connectivity index (χ0) is 16.2. The molecule has 0 heterocycles. The molecule has 5 nitrogen and oxygen atoms in total. The van der Waals surface area contributed by atoms with E-state index in [2.05, 4.69) is 0 Å². The van der Waals surface area contributed by atoms with Crippen LogP contribution in [-0.4, -0.2) is 38.9 Å². The first kappa shape index (κ1) is 17.8. The Kier molecular flexibility index (Phi) is 6.04. The quantitative estimate of drug-likeness (QED) is 0.751. The van der Waals surface area contributed by atoms with Gasteiger partial charge in [0, 0.05) is 23.3 Å². The number of hydrogen-bond acceptors (Lipinski definition) is 4. The van der Waals surface area contributed by atoms with E-state index < -0.39 is 9.05 Å². The van der Waals surface area contributed by atoms with E-state index in [1.54, 1.807) is 4.90 Å². The first-order chi connectivity index (χ1) is 9.72. The van der Waals surface area contributed by atoms with Gasteiger partial charge in [0.15, 0.2) is 0 Å². The van der Waals surface area contributed by atoms with Crippen molar-refractivity contribution in [2.24, 2.45) is 0 Å². The molecule has 0 atom stereocenters. The Morgan fingerprint density at radius 3 is 2.43 bits per heavy atom. The average molecular weight is 334 g/mol. The molecule has 0 bridgehead atoms. The SMILES string of the molecule is CCCN(C(=O)c1cc(S(=O)(=O)Cl)ccc1OC)C(C)C. The minimum Gasteiger partial charge on any atom is -0.496 e. The van der Waals surface area contributed by atoms with Gasteiger partial charge in [0.1, 0.15) is 5.75 Å². The average Bonchev–Trinajstić information content (AvgIpc) is 2.42. The second-order valence-corrected chi connectivity index (χ2v) is 7.46. The maximum atomic E-state index is 12.6. The molecule has 1 aromatic carbocycles. The van der Waals surface area contributed by atoms with Crippen LogP contribution < -0.4 is 4.74 Å². The standard InChI is InChI=1S/C14H20ClNO4S/c1-5-8-16(10(2)3)14(17)12-9-11(21(15,18)19)6-7-13(12)20-4/h6-7,9-10H,5,8H2,1-4H3. The summed E-state index contributed by atoms with van der Waals surface area (Å²) in [7, 11) is 2.88. The molecular formula is C14H20ClNO4S. The Bertz CT molecular complexity index is 613. The summed E-state index contributed by atoms with van der Waals surface area (Å²) in [6, 6.07) is 4.01. The van der Waals surface area contributed by atoms with E-state index in [-0.39, 0.29) is 22.4 Å². The smallest absolute Gasteiger partial charge is 0.261 e. The van der Waals surface area contributed by atoms with Crippen LogP contribution in [0, 0.1) is 0 Å². The van der Waals surface area contributed by atoms with Gasteiger partial charge in [-0.2, -0.15) is 0 Å². The number of benzene rings is 1. The highest BCUT2D eigenvalue weighted by Crippen LogP contribution is 2.26. The van der Waals surface area contributed by atoms with Crippen molar-refractivity contribution in [3.63, 3.8) is 0 Å². The van der Waals surface area contributed by atoms with Gasteiger partial charge >= 0.3 is 0 Å². The van der Waals surface area contributed by atoms with Crippen molar-refractivity contribution >= 4 is 25.6 Å². The van der Waals surface area contributed by atoms with Gasteiger partial charge in [0.25, 0.3) is 15.0 Å². The van der Waals surface area contributed by atoms with Crippen molar-refractivity contribution in [2.75, 3.05) is 13.7 Å². The molecule has 1 rings (SSSR count). The topological polar surface area (TPSA) is 63.7 Å². The van der Waals surface area contributed by atoms with Gasteiger partial charge in [-0.25, -0.2) is 8.42 Å². The summed E-state index contributed by atoms with van der Waals surface area (Å²) in [6.07, 6.45) is 0.805. The van der Waals surface area contributed by atoms with Crippen LogP contribution >= 0.6 is 10.7 Å². The van der Waals surface area contributed by atoms with Gasteiger partial charge in [-0.15, -0.1) is 0 Å². The summed E-state index contributed by atoms with van der Waals surface area (Å²) in [5.41, 5.74) is 0.196. The second kappa shape index (κ2) is 7.13. The number of ether oxygens (including phenoxy) is 1. The molecule has 0 aromatic heterocycles. The van der Waals surface area contributed by atoms with E-state index in [4.69, 9.17) is 15.4 Å². The molecule has 0 aliphatic heterocycles. The molecule has 0 unspecified atom stereocenters. The molecule has 1 aromatic rings. The van der Waals surface area contributed by atoms with Crippen LogP contribution in [0.25, 0.3) is 0 Å². The molecule has 0 fully saturated rings. The van der Waals surface area contributed by atoms with Crippen molar-refractivity contribution < 1.29 is 17.9 Å². The van der Waals surface area contributed by atoms with Gasteiger partial charge in [-0.05, 0) is 38.5 Å². The molecule has 118 valence electrons. The number of amides is 1.